The Morgan fingerprint density at radius 3 is 2.89 bits per heavy atom. The molecule has 5 heteroatoms. The molecule has 1 atom stereocenters. The molecule has 0 radical (unpaired) electrons. The summed E-state index contributed by atoms with van der Waals surface area (Å²) in [6.45, 7) is 3.05. The van der Waals surface area contributed by atoms with E-state index < -0.39 is 0 Å². The van der Waals surface area contributed by atoms with Gasteiger partial charge in [-0.3, -0.25) is 9.67 Å². The zero-order valence-electron chi connectivity index (χ0n) is 10.9. The van der Waals surface area contributed by atoms with Gasteiger partial charge in [-0.15, -0.1) is 0 Å². The van der Waals surface area contributed by atoms with E-state index >= 15 is 0 Å². The molecule has 1 N–H and O–H groups in total. The third-order valence-corrected chi connectivity index (χ3v) is 2.91. The van der Waals surface area contributed by atoms with Crippen LogP contribution in [0, 0.1) is 0 Å². The van der Waals surface area contributed by atoms with Crippen LogP contribution in [0.15, 0.2) is 30.7 Å². The van der Waals surface area contributed by atoms with Gasteiger partial charge in [-0.2, -0.15) is 5.10 Å². The summed E-state index contributed by atoms with van der Waals surface area (Å²) in [5.41, 5.74) is 1.03. The topological polar surface area (TPSA) is 55.6 Å². The lowest BCUT2D eigenvalue weighted by molar-refractivity contribution is 0.510. The van der Waals surface area contributed by atoms with E-state index in [2.05, 4.69) is 27.3 Å². The van der Waals surface area contributed by atoms with Gasteiger partial charge in [0, 0.05) is 19.2 Å². The van der Waals surface area contributed by atoms with Crippen molar-refractivity contribution in [3.8, 4) is 0 Å². The number of aryl methyl sites for hydroxylation is 1. The van der Waals surface area contributed by atoms with Crippen molar-refractivity contribution in [1.29, 1.82) is 0 Å². The highest BCUT2D eigenvalue weighted by molar-refractivity contribution is 5.10. The summed E-state index contributed by atoms with van der Waals surface area (Å²) in [4.78, 5) is 8.72. The second kappa shape index (κ2) is 6.26. The van der Waals surface area contributed by atoms with E-state index in [0.29, 0.717) is 0 Å². The first-order chi connectivity index (χ1) is 8.85. The second-order valence-electron chi connectivity index (χ2n) is 4.20. The molecule has 0 aliphatic rings. The van der Waals surface area contributed by atoms with Crippen LogP contribution in [0.4, 0.5) is 0 Å². The Morgan fingerprint density at radius 1 is 1.33 bits per heavy atom. The maximum absolute atomic E-state index is 4.39. The molecule has 0 saturated heterocycles. The standard InChI is InChI=1S/C13H19N5/c1-3-8-18-13(16-10-17-18)9-12(14-2)11-6-4-5-7-15-11/h4-7,10,12,14H,3,8-9H2,1-2H3. The van der Waals surface area contributed by atoms with Gasteiger partial charge in [0.25, 0.3) is 0 Å². The molecule has 0 bridgehead atoms. The maximum Gasteiger partial charge on any atom is 0.138 e. The molecule has 0 aliphatic heterocycles. The molecule has 0 aromatic carbocycles. The van der Waals surface area contributed by atoms with Crippen LogP contribution in [0.25, 0.3) is 0 Å². The molecule has 2 heterocycles. The maximum atomic E-state index is 4.39. The highest BCUT2D eigenvalue weighted by Crippen LogP contribution is 2.14. The van der Waals surface area contributed by atoms with Crippen molar-refractivity contribution in [2.24, 2.45) is 0 Å². The van der Waals surface area contributed by atoms with Crippen molar-refractivity contribution in [2.75, 3.05) is 7.05 Å². The Labute approximate surface area is 107 Å². The Bertz CT molecular complexity index is 465. The monoisotopic (exact) mass is 245 g/mol. The third-order valence-electron chi connectivity index (χ3n) is 2.91. The summed E-state index contributed by atoms with van der Waals surface area (Å²) in [5.74, 6) is 1.00. The molecule has 0 saturated carbocycles. The first-order valence-electron chi connectivity index (χ1n) is 6.30. The zero-order valence-corrected chi connectivity index (χ0v) is 10.9. The third kappa shape index (κ3) is 2.92. The molecule has 1 unspecified atom stereocenters. The summed E-state index contributed by atoms with van der Waals surface area (Å²) >= 11 is 0. The number of hydrogen-bond donors (Lipinski definition) is 1. The Balaban J connectivity index is 2.13. The number of rotatable bonds is 6. The highest BCUT2D eigenvalue weighted by atomic mass is 15.3. The van der Waals surface area contributed by atoms with Gasteiger partial charge < -0.3 is 5.32 Å². The summed E-state index contributed by atoms with van der Waals surface area (Å²) < 4.78 is 1.97. The van der Waals surface area contributed by atoms with Crippen LogP contribution < -0.4 is 5.32 Å². The van der Waals surface area contributed by atoms with E-state index in [0.717, 1.165) is 30.9 Å². The molecule has 18 heavy (non-hydrogen) atoms. The van der Waals surface area contributed by atoms with E-state index in [1.165, 1.54) is 0 Å². The van der Waals surface area contributed by atoms with Gasteiger partial charge in [-0.25, -0.2) is 4.98 Å². The van der Waals surface area contributed by atoms with Gasteiger partial charge in [-0.1, -0.05) is 13.0 Å². The van der Waals surface area contributed by atoms with Crippen molar-refractivity contribution in [1.82, 2.24) is 25.1 Å². The van der Waals surface area contributed by atoms with Crippen molar-refractivity contribution in [3.63, 3.8) is 0 Å². The van der Waals surface area contributed by atoms with Gasteiger partial charge >= 0.3 is 0 Å². The molecular weight excluding hydrogens is 226 g/mol. The minimum absolute atomic E-state index is 0.172. The van der Waals surface area contributed by atoms with Crippen molar-refractivity contribution < 1.29 is 0 Å². The van der Waals surface area contributed by atoms with Crippen LogP contribution in [0.3, 0.4) is 0 Å². The lowest BCUT2D eigenvalue weighted by Crippen LogP contribution is -2.22. The lowest BCUT2D eigenvalue weighted by Gasteiger charge is -2.15. The van der Waals surface area contributed by atoms with E-state index in [4.69, 9.17) is 0 Å². The second-order valence-corrected chi connectivity index (χ2v) is 4.20. The number of likely N-dealkylation sites (N-methyl/N-ethyl adjacent to an activating group) is 1. The quantitative estimate of drug-likeness (QED) is 0.839. The Hall–Kier alpha value is -1.75. The fraction of sp³-hybridized carbons (Fsp3) is 0.462. The van der Waals surface area contributed by atoms with Crippen molar-refractivity contribution in [2.45, 2.75) is 32.4 Å². The molecule has 96 valence electrons. The number of hydrogen-bond acceptors (Lipinski definition) is 4. The minimum atomic E-state index is 0.172. The predicted octanol–water partition coefficient (Wildman–Crippen LogP) is 1.59. The van der Waals surface area contributed by atoms with Crippen LogP contribution in [-0.4, -0.2) is 26.8 Å². The predicted molar refractivity (Wildman–Crippen MR) is 70.1 cm³/mol. The van der Waals surface area contributed by atoms with Crippen LogP contribution in [-0.2, 0) is 13.0 Å². The lowest BCUT2D eigenvalue weighted by atomic mass is 10.1. The van der Waals surface area contributed by atoms with Crippen LogP contribution >= 0.6 is 0 Å². The van der Waals surface area contributed by atoms with Gasteiger partial charge in [0.05, 0.1) is 11.7 Å². The Morgan fingerprint density at radius 2 is 2.22 bits per heavy atom. The van der Waals surface area contributed by atoms with Crippen LogP contribution in [0.1, 0.15) is 30.9 Å². The summed E-state index contributed by atoms with van der Waals surface area (Å²) in [5, 5.41) is 7.53. The Kier molecular flexibility index (Phi) is 4.41. The van der Waals surface area contributed by atoms with Gasteiger partial charge in [-0.05, 0) is 25.6 Å². The number of pyridine rings is 1. The fourth-order valence-electron chi connectivity index (χ4n) is 1.96. The molecule has 2 aromatic heterocycles. The highest BCUT2D eigenvalue weighted by Gasteiger charge is 2.14. The fourth-order valence-corrected chi connectivity index (χ4v) is 1.96. The van der Waals surface area contributed by atoms with Crippen LogP contribution in [0.2, 0.25) is 0 Å². The van der Waals surface area contributed by atoms with E-state index in [1.54, 1.807) is 6.33 Å². The normalized spacial score (nSPS) is 12.6. The number of aromatic nitrogens is 4. The van der Waals surface area contributed by atoms with E-state index in [9.17, 15) is 0 Å². The van der Waals surface area contributed by atoms with E-state index in [-0.39, 0.29) is 6.04 Å². The molecular formula is C13H19N5. The van der Waals surface area contributed by atoms with Crippen LogP contribution in [0.5, 0.6) is 0 Å². The smallest absolute Gasteiger partial charge is 0.138 e. The first kappa shape index (κ1) is 12.7. The summed E-state index contributed by atoms with van der Waals surface area (Å²) in [6.07, 6.45) is 5.30. The average molecular weight is 245 g/mol. The summed E-state index contributed by atoms with van der Waals surface area (Å²) in [7, 11) is 1.94. The molecule has 0 amide bonds. The molecule has 2 rings (SSSR count). The molecule has 0 spiro atoms. The van der Waals surface area contributed by atoms with Crippen molar-refractivity contribution >= 4 is 0 Å². The molecule has 5 nitrogen and oxygen atoms in total. The summed E-state index contributed by atoms with van der Waals surface area (Å²) in [6, 6.07) is 6.13. The minimum Gasteiger partial charge on any atom is -0.311 e. The average Bonchev–Trinajstić information content (AvgIpc) is 2.85. The number of nitrogens with one attached hydrogen (secondary N) is 1. The first-order valence-corrected chi connectivity index (χ1v) is 6.30. The van der Waals surface area contributed by atoms with Gasteiger partial charge in [0.15, 0.2) is 0 Å². The zero-order chi connectivity index (χ0) is 12.8. The van der Waals surface area contributed by atoms with Gasteiger partial charge in [0.2, 0.25) is 0 Å². The molecule has 0 fully saturated rings. The van der Waals surface area contributed by atoms with Gasteiger partial charge in [0.1, 0.15) is 12.2 Å². The van der Waals surface area contributed by atoms with E-state index in [1.807, 2.05) is 36.1 Å². The molecule has 2 aromatic rings. The largest absolute Gasteiger partial charge is 0.311 e. The molecule has 0 aliphatic carbocycles. The number of nitrogens with zero attached hydrogens (tertiary/aromatic N) is 4. The SMILES string of the molecule is CCCn1ncnc1CC(NC)c1ccccn1. The van der Waals surface area contributed by atoms with Crippen molar-refractivity contribution in [3.05, 3.63) is 42.2 Å².